The number of fused-ring (bicyclic) bond motifs is 5. The molecule has 4 saturated carbocycles. The molecule has 0 bridgehead atoms. The lowest BCUT2D eigenvalue weighted by atomic mass is 9.43. The van der Waals surface area contributed by atoms with E-state index in [4.69, 9.17) is 0 Å². The summed E-state index contributed by atoms with van der Waals surface area (Å²) in [7, 11) is 0. The predicted molar refractivity (Wildman–Crippen MR) is 97.3 cm³/mol. The standard InChI is InChI=1S/C22H38O2/c1-4-6-15-9-11-18-17-10-8-16-7-5-13-22(23,24)21(16,3)19(17)12-14-20(15,18)2/h15-19,23-24H,4-14H2,1-3H3/t15-,16+,17-,18-,19-,20+,21-/m0/s1. The lowest BCUT2D eigenvalue weighted by Gasteiger charge is -2.63. The zero-order chi connectivity index (χ0) is 17.2. The van der Waals surface area contributed by atoms with Gasteiger partial charge in [0.1, 0.15) is 0 Å². The van der Waals surface area contributed by atoms with E-state index in [1.165, 1.54) is 57.8 Å². The molecule has 4 fully saturated rings. The molecule has 0 saturated heterocycles. The van der Waals surface area contributed by atoms with Crippen LogP contribution in [0, 0.1) is 40.4 Å². The Hall–Kier alpha value is -0.0800. The second-order valence-corrected chi connectivity index (χ2v) is 10.3. The van der Waals surface area contributed by atoms with Crippen molar-refractivity contribution >= 4 is 0 Å². The fourth-order valence-corrected chi connectivity index (χ4v) is 8.29. The van der Waals surface area contributed by atoms with Gasteiger partial charge in [0.25, 0.3) is 0 Å². The number of rotatable bonds is 2. The van der Waals surface area contributed by atoms with E-state index in [-0.39, 0.29) is 5.41 Å². The Morgan fingerprint density at radius 1 is 0.875 bits per heavy atom. The van der Waals surface area contributed by atoms with Crippen molar-refractivity contribution in [1.29, 1.82) is 0 Å². The van der Waals surface area contributed by atoms with Gasteiger partial charge in [-0.3, -0.25) is 0 Å². The largest absolute Gasteiger partial charge is 0.365 e. The molecule has 0 aliphatic heterocycles. The molecule has 0 aromatic rings. The van der Waals surface area contributed by atoms with Gasteiger partial charge < -0.3 is 10.2 Å². The molecule has 0 amide bonds. The lowest BCUT2D eigenvalue weighted by Crippen LogP contribution is -2.63. The molecule has 138 valence electrons. The van der Waals surface area contributed by atoms with E-state index >= 15 is 0 Å². The summed E-state index contributed by atoms with van der Waals surface area (Å²) in [4.78, 5) is 0. The average molecular weight is 335 g/mol. The van der Waals surface area contributed by atoms with E-state index in [1.807, 2.05) is 0 Å². The van der Waals surface area contributed by atoms with Gasteiger partial charge in [-0.05, 0) is 86.4 Å². The third kappa shape index (κ3) is 2.14. The SMILES string of the molecule is CCC[C@H]1CC[C@H]2[C@@H]3CC[C@H]4CCCC(O)(O)[C@]4(C)[C@H]3CC[C@]12C. The molecule has 0 spiro atoms. The first-order valence-corrected chi connectivity index (χ1v) is 10.8. The third-order valence-electron chi connectivity index (χ3n) is 9.68. The summed E-state index contributed by atoms with van der Waals surface area (Å²) in [6.45, 7) is 7.17. The molecular weight excluding hydrogens is 296 g/mol. The van der Waals surface area contributed by atoms with Crippen molar-refractivity contribution in [2.45, 2.75) is 97.2 Å². The summed E-state index contributed by atoms with van der Waals surface area (Å²) in [6.07, 6.45) is 13.4. The van der Waals surface area contributed by atoms with Gasteiger partial charge in [0.05, 0.1) is 0 Å². The van der Waals surface area contributed by atoms with Gasteiger partial charge in [-0.25, -0.2) is 0 Å². The third-order valence-corrected chi connectivity index (χ3v) is 9.68. The normalized spacial score (nSPS) is 53.1. The van der Waals surface area contributed by atoms with Crippen LogP contribution >= 0.6 is 0 Å². The average Bonchev–Trinajstić information content (AvgIpc) is 2.86. The molecule has 0 radical (unpaired) electrons. The van der Waals surface area contributed by atoms with Crippen molar-refractivity contribution < 1.29 is 10.2 Å². The zero-order valence-corrected chi connectivity index (χ0v) is 16.1. The highest BCUT2D eigenvalue weighted by Gasteiger charge is 2.65. The minimum absolute atomic E-state index is 0.266. The first-order chi connectivity index (χ1) is 11.3. The quantitative estimate of drug-likeness (QED) is 0.688. The Kier molecular flexibility index (Phi) is 4.12. The van der Waals surface area contributed by atoms with Crippen LogP contribution in [0.1, 0.15) is 91.4 Å². The van der Waals surface area contributed by atoms with E-state index < -0.39 is 5.79 Å². The van der Waals surface area contributed by atoms with Crippen molar-refractivity contribution in [2.75, 3.05) is 0 Å². The Labute approximate surface area is 148 Å². The van der Waals surface area contributed by atoms with Crippen molar-refractivity contribution in [2.24, 2.45) is 40.4 Å². The molecular formula is C22H38O2. The fourth-order valence-electron chi connectivity index (χ4n) is 8.29. The van der Waals surface area contributed by atoms with Crippen LogP contribution in [-0.4, -0.2) is 16.0 Å². The molecule has 4 aliphatic carbocycles. The second kappa shape index (κ2) is 5.71. The maximum atomic E-state index is 11.0. The first-order valence-electron chi connectivity index (χ1n) is 10.8. The van der Waals surface area contributed by atoms with Crippen LogP contribution in [0.3, 0.4) is 0 Å². The highest BCUT2D eigenvalue weighted by Crippen LogP contribution is 2.69. The van der Waals surface area contributed by atoms with Gasteiger partial charge in [0.2, 0.25) is 0 Å². The van der Waals surface area contributed by atoms with Gasteiger partial charge >= 0.3 is 0 Å². The van der Waals surface area contributed by atoms with E-state index in [2.05, 4.69) is 20.8 Å². The molecule has 4 rings (SSSR count). The highest BCUT2D eigenvalue weighted by atomic mass is 16.5. The van der Waals surface area contributed by atoms with Gasteiger partial charge in [-0.15, -0.1) is 0 Å². The number of hydrogen-bond acceptors (Lipinski definition) is 2. The minimum Gasteiger partial charge on any atom is -0.365 e. The van der Waals surface area contributed by atoms with Crippen LogP contribution in [0.5, 0.6) is 0 Å². The molecule has 2 nitrogen and oxygen atoms in total. The monoisotopic (exact) mass is 334 g/mol. The van der Waals surface area contributed by atoms with Crippen molar-refractivity contribution in [3.05, 3.63) is 0 Å². The van der Waals surface area contributed by atoms with Gasteiger partial charge in [-0.2, -0.15) is 0 Å². The molecule has 24 heavy (non-hydrogen) atoms. The Morgan fingerprint density at radius 3 is 2.42 bits per heavy atom. The van der Waals surface area contributed by atoms with Crippen LogP contribution in [0.15, 0.2) is 0 Å². The topological polar surface area (TPSA) is 40.5 Å². The smallest absolute Gasteiger partial charge is 0.168 e. The molecule has 0 aromatic heterocycles. The maximum Gasteiger partial charge on any atom is 0.168 e. The molecule has 7 atom stereocenters. The maximum absolute atomic E-state index is 11.0. The molecule has 0 aromatic carbocycles. The van der Waals surface area contributed by atoms with E-state index in [0.717, 1.165) is 24.2 Å². The Bertz CT molecular complexity index is 486. The van der Waals surface area contributed by atoms with Crippen LogP contribution in [0.2, 0.25) is 0 Å². The molecule has 4 aliphatic rings. The predicted octanol–water partition coefficient (Wildman–Crippen LogP) is 5.13. The molecule has 2 heteroatoms. The fraction of sp³-hybridized carbons (Fsp3) is 1.00. The first kappa shape index (κ1) is 17.3. The zero-order valence-electron chi connectivity index (χ0n) is 16.1. The van der Waals surface area contributed by atoms with Crippen molar-refractivity contribution in [3.63, 3.8) is 0 Å². The Balaban J connectivity index is 1.65. The summed E-state index contributed by atoms with van der Waals surface area (Å²) in [5.41, 5.74) is 0.265. The summed E-state index contributed by atoms with van der Waals surface area (Å²) in [6, 6.07) is 0. The van der Waals surface area contributed by atoms with E-state index in [0.29, 0.717) is 23.7 Å². The van der Waals surface area contributed by atoms with Gasteiger partial charge in [-0.1, -0.05) is 33.6 Å². The van der Waals surface area contributed by atoms with Gasteiger partial charge in [0.15, 0.2) is 5.79 Å². The highest BCUT2D eigenvalue weighted by molar-refractivity contribution is 5.11. The number of hydrogen-bond donors (Lipinski definition) is 2. The van der Waals surface area contributed by atoms with Crippen molar-refractivity contribution in [1.82, 2.24) is 0 Å². The van der Waals surface area contributed by atoms with E-state index in [9.17, 15) is 10.2 Å². The minimum atomic E-state index is -1.44. The van der Waals surface area contributed by atoms with Crippen LogP contribution in [-0.2, 0) is 0 Å². The summed E-state index contributed by atoms with van der Waals surface area (Å²) in [5, 5.41) is 21.9. The molecule has 0 heterocycles. The summed E-state index contributed by atoms with van der Waals surface area (Å²) in [5.74, 6) is 2.11. The summed E-state index contributed by atoms with van der Waals surface area (Å²) < 4.78 is 0. The van der Waals surface area contributed by atoms with Gasteiger partial charge in [0, 0.05) is 11.8 Å². The van der Waals surface area contributed by atoms with Crippen molar-refractivity contribution in [3.8, 4) is 0 Å². The van der Waals surface area contributed by atoms with Crippen LogP contribution in [0.4, 0.5) is 0 Å². The van der Waals surface area contributed by atoms with Crippen LogP contribution in [0.25, 0.3) is 0 Å². The molecule has 0 unspecified atom stereocenters. The second-order valence-electron chi connectivity index (χ2n) is 10.3. The Morgan fingerprint density at radius 2 is 1.67 bits per heavy atom. The van der Waals surface area contributed by atoms with E-state index in [1.54, 1.807) is 0 Å². The number of aliphatic hydroxyl groups is 2. The summed E-state index contributed by atoms with van der Waals surface area (Å²) >= 11 is 0. The van der Waals surface area contributed by atoms with Crippen LogP contribution < -0.4 is 0 Å². The molecule has 2 N–H and O–H groups in total. The lowest BCUT2D eigenvalue weighted by molar-refractivity contribution is -0.313.